The predicted molar refractivity (Wildman–Crippen MR) is 147 cm³/mol. The lowest BCUT2D eigenvalue weighted by molar-refractivity contribution is -0.123. The van der Waals surface area contributed by atoms with Crippen molar-refractivity contribution in [1.82, 2.24) is 10.7 Å². The first-order chi connectivity index (χ1) is 17.7. The van der Waals surface area contributed by atoms with Gasteiger partial charge in [0.1, 0.15) is 12.6 Å². The lowest BCUT2D eigenvalue weighted by Gasteiger charge is -2.20. The molecule has 0 saturated heterocycles. The summed E-state index contributed by atoms with van der Waals surface area (Å²) in [4.78, 5) is 25.4. The third kappa shape index (κ3) is 8.12. The van der Waals surface area contributed by atoms with Gasteiger partial charge < -0.3 is 14.8 Å². The average Bonchev–Trinajstić information content (AvgIpc) is 2.88. The van der Waals surface area contributed by atoms with Crippen LogP contribution in [0.2, 0.25) is 15.1 Å². The van der Waals surface area contributed by atoms with E-state index >= 15 is 0 Å². The van der Waals surface area contributed by atoms with E-state index in [9.17, 15) is 9.59 Å². The molecule has 0 saturated carbocycles. The molecule has 2 amide bonds. The van der Waals surface area contributed by atoms with Gasteiger partial charge in [0.2, 0.25) is 0 Å². The molecule has 1 atom stereocenters. The lowest BCUT2D eigenvalue weighted by Crippen LogP contribution is -2.48. The molecule has 0 fully saturated rings. The summed E-state index contributed by atoms with van der Waals surface area (Å²) in [6.07, 6.45) is 1.47. The second-order valence-electron chi connectivity index (χ2n) is 8.38. The minimum Gasteiger partial charge on any atom is -0.493 e. The Morgan fingerprint density at radius 2 is 1.68 bits per heavy atom. The number of nitrogens with one attached hydrogen (secondary N) is 2. The van der Waals surface area contributed by atoms with E-state index in [4.69, 9.17) is 44.3 Å². The summed E-state index contributed by atoms with van der Waals surface area (Å²) >= 11 is 17.8. The number of amides is 2. The number of methoxy groups -OCH3 is 1. The zero-order chi connectivity index (χ0) is 26.9. The Hall–Kier alpha value is -3.26. The zero-order valence-electron chi connectivity index (χ0n) is 20.4. The minimum atomic E-state index is -0.822. The Balaban J connectivity index is 1.61. The smallest absolute Gasteiger partial charge is 0.262 e. The molecule has 0 radical (unpaired) electrons. The topological polar surface area (TPSA) is 89.0 Å². The Morgan fingerprint density at radius 1 is 0.946 bits per heavy atom. The lowest BCUT2D eigenvalue weighted by atomic mass is 10.0. The number of hydrazone groups is 1. The molecule has 0 spiro atoms. The largest absolute Gasteiger partial charge is 0.493 e. The van der Waals surface area contributed by atoms with Crippen molar-refractivity contribution in [3.05, 3.63) is 92.4 Å². The number of halogens is 3. The van der Waals surface area contributed by atoms with Crippen LogP contribution in [0.25, 0.3) is 0 Å². The van der Waals surface area contributed by atoms with Crippen LogP contribution in [-0.4, -0.2) is 31.2 Å². The summed E-state index contributed by atoms with van der Waals surface area (Å²) < 4.78 is 11.3. The van der Waals surface area contributed by atoms with Crippen molar-refractivity contribution >= 4 is 52.8 Å². The maximum absolute atomic E-state index is 12.7. The van der Waals surface area contributed by atoms with Crippen molar-refractivity contribution in [2.24, 2.45) is 11.0 Å². The maximum atomic E-state index is 12.7. The van der Waals surface area contributed by atoms with Crippen LogP contribution in [-0.2, 0) is 11.4 Å². The highest BCUT2D eigenvalue weighted by Crippen LogP contribution is 2.28. The van der Waals surface area contributed by atoms with E-state index in [2.05, 4.69) is 15.8 Å². The SMILES string of the molecule is COc1cc(C=NNC(=O)C(NC(=O)c2ccc(Cl)c(Cl)c2)C(C)C)ccc1OCc1ccc(Cl)cc1. The van der Waals surface area contributed by atoms with Crippen LogP contribution in [0.1, 0.15) is 35.3 Å². The number of rotatable bonds is 10. The van der Waals surface area contributed by atoms with Crippen molar-refractivity contribution in [1.29, 1.82) is 0 Å². The first kappa shape index (κ1) is 28.3. The van der Waals surface area contributed by atoms with Gasteiger partial charge in [0.25, 0.3) is 11.8 Å². The second-order valence-corrected chi connectivity index (χ2v) is 9.63. The molecule has 0 aliphatic rings. The molecule has 0 heterocycles. The van der Waals surface area contributed by atoms with E-state index < -0.39 is 17.9 Å². The van der Waals surface area contributed by atoms with Crippen molar-refractivity contribution in [2.75, 3.05) is 7.11 Å². The first-order valence-corrected chi connectivity index (χ1v) is 12.5. The van der Waals surface area contributed by atoms with E-state index in [0.29, 0.717) is 39.3 Å². The predicted octanol–water partition coefficient (Wildman–Crippen LogP) is 6.14. The van der Waals surface area contributed by atoms with Crippen LogP contribution in [0, 0.1) is 5.92 Å². The molecule has 3 aromatic carbocycles. The fourth-order valence-electron chi connectivity index (χ4n) is 3.26. The molecule has 0 bridgehead atoms. The van der Waals surface area contributed by atoms with Crippen LogP contribution >= 0.6 is 34.8 Å². The maximum Gasteiger partial charge on any atom is 0.262 e. The van der Waals surface area contributed by atoms with Gasteiger partial charge in [0, 0.05) is 10.6 Å². The molecule has 37 heavy (non-hydrogen) atoms. The van der Waals surface area contributed by atoms with E-state index in [0.717, 1.165) is 5.56 Å². The quantitative estimate of drug-likeness (QED) is 0.229. The van der Waals surface area contributed by atoms with Crippen molar-refractivity contribution in [3.8, 4) is 11.5 Å². The Labute approximate surface area is 230 Å². The number of ether oxygens (including phenoxy) is 2. The summed E-state index contributed by atoms with van der Waals surface area (Å²) in [6.45, 7) is 3.98. The molecule has 3 rings (SSSR count). The van der Waals surface area contributed by atoms with Crippen molar-refractivity contribution in [2.45, 2.75) is 26.5 Å². The number of nitrogens with zero attached hydrogens (tertiary/aromatic N) is 1. The molecule has 0 aromatic heterocycles. The number of hydrogen-bond acceptors (Lipinski definition) is 5. The van der Waals surface area contributed by atoms with Crippen LogP contribution in [0.15, 0.2) is 65.8 Å². The van der Waals surface area contributed by atoms with Gasteiger partial charge in [-0.05, 0) is 65.6 Å². The zero-order valence-corrected chi connectivity index (χ0v) is 22.7. The average molecular weight is 563 g/mol. The molecule has 10 heteroatoms. The number of hydrogen-bond donors (Lipinski definition) is 2. The summed E-state index contributed by atoms with van der Waals surface area (Å²) in [5, 5.41) is 7.99. The first-order valence-electron chi connectivity index (χ1n) is 11.3. The monoisotopic (exact) mass is 561 g/mol. The number of carbonyl (C=O) groups is 2. The van der Waals surface area contributed by atoms with Gasteiger partial charge in [-0.15, -0.1) is 0 Å². The fourth-order valence-corrected chi connectivity index (χ4v) is 3.69. The summed E-state index contributed by atoms with van der Waals surface area (Å²) in [5.74, 6) is -0.0364. The molecular formula is C27H26Cl3N3O4. The highest BCUT2D eigenvalue weighted by atomic mass is 35.5. The summed E-state index contributed by atoms with van der Waals surface area (Å²) in [6, 6.07) is 16.3. The van der Waals surface area contributed by atoms with Gasteiger partial charge >= 0.3 is 0 Å². The third-order valence-electron chi connectivity index (χ3n) is 5.30. The Morgan fingerprint density at radius 3 is 2.32 bits per heavy atom. The molecule has 7 nitrogen and oxygen atoms in total. The van der Waals surface area contributed by atoms with Gasteiger partial charge in [-0.1, -0.05) is 60.8 Å². The van der Waals surface area contributed by atoms with E-state index in [1.54, 1.807) is 30.3 Å². The van der Waals surface area contributed by atoms with Crippen LogP contribution < -0.4 is 20.2 Å². The van der Waals surface area contributed by atoms with Gasteiger partial charge in [0.05, 0.1) is 23.4 Å². The van der Waals surface area contributed by atoms with E-state index in [1.165, 1.54) is 31.5 Å². The van der Waals surface area contributed by atoms with Crippen LogP contribution in [0.4, 0.5) is 0 Å². The van der Waals surface area contributed by atoms with E-state index in [1.807, 2.05) is 26.0 Å². The van der Waals surface area contributed by atoms with Gasteiger partial charge in [0.15, 0.2) is 11.5 Å². The standard InChI is InChI=1S/C27H26Cl3N3O4/c1-16(2)25(32-26(34)19-7-10-21(29)22(30)13-19)27(35)33-31-14-18-6-11-23(24(12-18)36-3)37-15-17-4-8-20(28)9-5-17/h4-14,16,25H,15H2,1-3H3,(H,32,34)(H,33,35). The summed E-state index contributed by atoms with van der Waals surface area (Å²) in [5.41, 5.74) is 4.41. The highest BCUT2D eigenvalue weighted by Gasteiger charge is 2.24. The third-order valence-corrected chi connectivity index (χ3v) is 6.29. The fraction of sp³-hybridized carbons (Fsp3) is 0.222. The van der Waals surface area contributed by atoms with E-state index in [-0.39, 0.29) is 10.9 Å². The Bertz CT molecular complexity index is 1280. The minimum absolute atomic E-state index is 0.195. The van der Waals surface area contributed by atoms with Gasteiger partial charge in [-0.3, -0.25) is 9.59 Å². The van der Waals surface area contributed by atoms with Crippen LogP contribution in [0.3, 0.4) is 0 Å². The normalized spacial score (nSPS) is 11.9. The molecule has 1 unspecified atom stereocenters. The molecule has 0 aliphatic heterocycles. The number of benzene rings is 3. The highest BCUT2D eigenvalue weighted by molar-refractivity contribution is 6.42. The molecule has 3 aromatic rings. The number of carbonyl (C=O) groups excluding carboxylic acids is 2. The molecule has 2 N–H and O–H groups in total. The van der Waals surface area contributed by atoms with Gasteiger partial charge in [-0.25, -0.2) is 5.43 Å². The molecule has 194 valence electrons. The van der Waals surface area contributed by atoms with Crippen molar-refractivity contribution < 1.29 is 19.1 Å². The Kier molecular flexibility index (Phi) is 10.2. The second kappa shape index (κ2) is 13.3. The molecule has 0 aliphatic carbocycles. The van der Waals surface area contributed by atoms with Crippen molar-refractivity contribution in [3.63, 3.8) is 0 Å². The molecular weight excluding hydrogens is 537 g/mol. The van der Waals surface area contributed by atoms with Gasteiger partial charge in [-0.2, -0.15) is 5.10 Å². The van der Waals surface area contributed by atoms with Crippen LogP contribution in [0.5, 0.6) is 11.5 Å². The summed E-state index contributed by atoms with van der Waals surface area (Å²) in [7, 11) is 1.54.